The van der Waals surface area contributed by atoms with Crippen LogP contribution in [-0.2, 0) is 13.0 Å². The summed E-state index contributed by atoms with van der Waals surface area (Å²) in [5.41, 5.74) is 6.95. The second-order valence-electron chi connectivity index (χ2n) is 4.55. The first kappa shape index (κ1) is 14.4. The van der Waals surface area contributed by atoms with Crippen LogP contribution >= 0.6 is 11.3 Å². The van der Waals surface area contributed by atoms with Crippen molar-refractivity contribution in [2.45, 2.75) is 26.3 Å². The molecule has 0 saturated carbocycles. The molecule has 2 N–H and O–H groups in total. The SMILES string of the molecule is CCCc1nc(N(C)CCN(C)C)sc1CN. The molecule has 0 unspecified atom stereocenters. The summed E-state index contributed by atoms with van der Waals surface area (Å²) in [7, 11) is 6.27. The van der Waals surface area contributed by atoms with Crippen LogP contribution in [0.1, 0.15) is 23.9 Å². The topological polar surface area (TPSA) is 45.4 Å². The maximum atomic E-state index is 5.76. The molecule has 1 aromatic rings. The lowest BCUT2D eigenvalue weighted by Gasteiger charge is -2.18. The van der Waals surface area contributed by atoms with Crippen LogP contribution in [0.4, 0.5) is 5.13 Å². The predicted molar refractivity (Wildman–Crippen MR) is 75.8 cm³/mol. The van der Waals surface area contributed by atoms with Crippen LogP contribution in [0.15, 0.2) is 0 Å². The number of hydrogen-bond donors (Lipinski definition) is 1. The van der Waals surface area contributed by atoms with Crippen LogP contribution in [-0.4, -0.2) is 44.1 Å². The smallest absolute Gasteiger partial charge is 0.185 e. The number of nitrogens with zero attached hydrogens (tertiary/aromatic N) is 3. The summed E-state index contributed by atoms with van der Waals surface area (Å²) in [4.78, 5) is 10.3. The van der Waals surface area contributed by atoms with Crippen molar-refractivity contribution in [3.05, 3.63) is 10.6 Å². The number of aryl methyl sites for hydroxylation is 1. The molecule has 98 valence electrons. The first-order valence-corrected chi connectivity index (χ1v) is 6.94. The molecule has 0 fully saturated rings. The summed E-state index contributed by atoms with van der Waals surface area (Å²) >= 11 is 1.73. The molecule has 1 rings (SSSR count). The van der Waals surface area contributed by atoms with Gasteiger partial charge in [0.05, 0.1) is 5.69 Å². The van der Waals surface area contributed by atoms with Crippen molar-refractivity contribution in [1.29, 1.82) is 0 Å². The van der Waals surface area contributed by atoms with Gasteiger partial charge < -0.3 is 15.5 Å². The molecule has 17 heavy (non-hydrogen) atoms. The van der Waals surface area contributed by atoms with E-state index < -0.39 is 0 Å². The van der Waals surface area contributed by atoms with Crippen molar-refractivity contribution in [2.75, 3.05) is 39.1 Å². The minimum atomic E-state index is 0.606. The molecular formula is C12H24N4S. The Hall–Kier alpha value is -0.650. The van der Waals surface area contributed by atoms with Gasteiger partial charge in [-0.05, 0) is 20.5 Å². The Morgan fingerprint density at radius 2 is 1.94 bits per heavy atom. The zero-order valence-electron chi connectivity index (χ0n) is 11.4. The zero-order valence-corrected chi connectivity index (χ0v) is 12.2. The first-order chi connectivity index (χ1) is 8.08. The molecule has 0 atom stereocenters. The van der Waals surface area contributed by atoms with Gasteiger partial charge in [0.1, 0.15) is 0 Å². The molecule has 0 radical (unpaired) electrons. The summed E-state index contributed by atoms with van der Waals surface area (Å²) in [5, 5.41) is 1.09. The van der Waals surface area contributed by atoms with E-state index in [9.17, 15) is 0 Å². The largest absolute Gasteiger partial charge is 0.350 e. The number of thiazole rings is 1. The molecule has 0 aliphatic heterocycles. The van der Waals surface area contributed by atoms with Crippen LogP contribution in [0.5, 0.6) is 0 Å². The average molecular weight is 256 g/mol. The Balaban J connectivity index is 2.69. The van der Waals surface area contributed by atoms with Crippen LogP contribution in [0.2, 0.25) is 0 Å². The van der Waals surface area contributed by atoms with Gasteiger partial charge in [-0.15, -0.1) is 11.3 Å². The van der Waals surface area contributed by atoms with Crippen molar-refractivity contribution >= 4 is 16.5 Å². The minimum Gasteiger partial charge on any atom is -0.350 e. The van der Waals surface area contributed by atoms with E-state index in [1.807, 2.05) is 0 Å². The Kier molecular flexibility index (Phi) is 5.88. The van der Waals surface area contributed by atoms with Crippen LogP contribution in [0.3, 0.4) is 0 Å². The van der Waals surface area contributed by atoms with E-state index in [1.165, 1.54) is 10.6 Å². The normalized spacial score (nSPS) is 11.2. The lowest BCUT2D eigenvalue weighted by molar-refractivity contribution is 0.416. The molecule has 0 amide bonds. The average Bonchev–Trinajstić information content (AvgIpc) is 2.69. The van der Waals surface area contributed by atoms with Crippen LogP contribution in [0.25, 0.3) is 0 Å². The van der Waals surface area contributed by atoms with E-state index in [2.05, 4.69) is 37.9 Å². The standard InChI is InChI=1S/C12H24N4S/c1-5-6-10-11(9-13)17-12(14-10)16(4)8-7-15(2)3/h5-9,13H2,1-4H3. The number of anilines is 1. The molecule has 0 saturated heterocycles. The highest BCUT2D eigenvalue weighted by atomic mass is 32.1. The Morgan fingerprint density at radius 3 is 2.47 bits per heavy atom. The summed E-state index contributed by atoms with van der Waals surface area (Å²) in [5.74, 6) is 0. The van der Waals surface area contributed by atoms with E-state index in [1.54, 1.807) is 11.3 Å². The zero-order chi connectivity index (χ0) is 12.8. The lowest BCUT2D eigenvalue weighted by Crippen LogP contribution is -2.28. The van der Waals surface area contributed by atoms with Gasteiger partial charge in [-0.2, -0.15) is 0 Å². The highest BCUT2D eigenvalue weighted by Gasteiger charge is 2.12. The highest BCUT2D eigenvalue weighted by Crippen LogP contribution is 2.26. The Morgan fingerprint density at radius 1 is 1.24 bits per heavy atom. The third-order valence-electron chi connectivity index (χ3n) is 2.65. The lowest BCUT2D eigenvalue weighted by atomic mass is 10.2. The summed E-state index contributed by atoms with van der Waals surface area (Å²) in [6, 6.07) is 0. The molecule has 0 aliphatic carbocycles. The second-order valence-corrected chi connectivity index (χ2v) is 5.61. The number of nitrogens with two attached hydrogens (primary N) is 1. The molecule has 0 spiro atoms. The van der Waals surface area contributed by atoms with Gasteiger partial charge >= 0.3 is 0 Å². The summed E-state index contributed by atoms with van der Waals surface area (Å²) < 4.78 is 0. The van der Waals surface area contributed by atoms with Crippen molar-refractivity contribution in [3.8, 4) is 0 Å². The van der Waals surface area contributed by atoms with Crippen molar-refractivity contribution in [2.24, 2.45) is 5.73 Å². The van der Waals surface area contributed by atoms with Gasteiger partial charge in [-0.1, -0.05) is 13.3 Å². The minimum absolute atomic E-state index is 0.606. The molecule has 0 bridgehead atoms. The molecule has 5 heteroatoms. The van der Waals surface area contributed by atoms with E-state index in [0.717, 1.165) is 31.1 Å². The van der Waals surface area contributed by atoms with E-state index in [-0.39, 0.29) is 0 Å². The molecule has 1 heterocycles. The fourth-order valence-electron chi connectivity index (χ4n) is 1.57. The van der Waals surface area contributed by atoms with Gasteiger partial charge in [0.15, 0.2) is 5.13 Å². The fraction of sp³-hybridized carbons (Fsp3) is 0.750. The molecule has 4 nitrogen and oxygen atoms in total. The maximum absolute atomic E-state index is 5.76. The summed E-state index contributed by atoms with van der Waals surface area (Å²) in [6.45, 7) is 4.82. The predicted octanol–water partition coefficient (Wildman–Crippen LogP) is 1.55. The van der Waals surface area contributed by atoms with Gasteiger partial charge in [-0.3, -0.25) is 0 Å². The molecule has 1 aromatic heterocycles. The number of likely N-dealkylation sites (N-methyl/N-ethyl adjacent to an activating group) is 2. The van der Waals surface area contributed by atoms with Gasteiger partial charge in [0, 0.05) is 31.6 Å². The maximum Gasteiger partial charge on any atom is 0.185 e. The van der Waals surface area contributed by atoms with E-state index in [0.29, 0.717) is 6.54 Å². The highest BCUT2D eigenvalue weighted by molar-refractivity contribution is 7.15. The molecule has 0 aromatic carbocycles. The van der Waals surface area contributed by atoms with Crippen LogP contribution in [0, 0.1) is 0 Å². The van der Waals surface area contributed by atoms with Gasteiger partial charge in [0.2, 0.25) is 0 Å². The van der Waals surface area contributed by atoms with E-state index in [4.69, 9.17) is 10.7 Å². The monoisotopic (exact) mass is 256 g/mol. The second kappa shape index (κ2) is 6.93. The van der Waals surface area contributed by atoms with E-state index >= 15 is 0 Å². The summed E-state index contributed by atoms with van der Waals surface area (Å²) in [6.07, 6.45) is 2.15. The molecule has 0 aliphatic rings. The van der Waals surface area contributed by atoms with Crippen molar-refractivity contribution in [3.63, 3.8) is 0 Å². The van der Waals surface area contributed by atoms with Gasteiger partial charge in [-0.25, -0.2) is 4.98 Å². The number of rotatable bonds is 7. The first-order valence-electron chi connectivity index (χ1n) is 6.13. The van der Waals surface area contributed by atoms with Crippen molar-refractivity contribution in [1.82, 2.24) is 9.88 Å². The van der Waals surface area contributed by atoms with Gasteiger partial charge in [0.25, 0.3) is 0 Å². The quantitative estimate of drug-likeness (QED) is 0.804. The van der Waals surface area contributed by atoms with Crippen LogP contribution < -0.4 is 10.6 Å². The van der Waals surface area contributed by atoms with Crippen molar-refractivity contribution < 1.29 is 0 Å². The number of aromatic nitrogens is 1. The fourth-order valence-corrected chi connectivity index (χ4v) is 2.54. The Labute approximate surface area is 108 Å². The number of hydrogen-bond acceptors (Lipinski definition) is 5. The third kappa shape index (κ3) is 4.26. The third-order valence-corrected chi connectivity index (χ3v) is 3.88. The Bertz CT molecular complexity index is 335. The molecular weight excluding hydrogens is 232 g/mol.